The molecule has 8 nitrogen and oxygen atoms in total. The van der Waals surface area contributed by atoms with Gasteiger partial charge in [0, 0.05) is 24.8 Å². The van der Waals surface area contributed by atoms with Crippen LogP contribution in [0, 0.1) is 0 Å². The van der Waals surface area contributed by atoms with Gasteiger partial charge in [0.15, 0.2) is 6.29 Å². The van der Waals surface area contributed by atoms with Crippen molar-refractivity contribution in [3.63, 3.8) is 0 Å². The van der Waals surface area contributed by atoms with Crippen molar-refractivity contribution in [1.29, 1.82) is 0 Å². The number of fused-ring (bicyclic) bond motifs is 2. The largest absolute Gasteiger partial charge is 0.354 e. The Morgan fingerprint density at radius 3 is 2.37 bits per heavy atom. The second kappa shape index (κ2) is 10.2. The Bertz CT molecular complexity index is 1370. The third kappa shape index (κ3) is 4.94. The van der Waals surface area contributed by atoms with Gasteiger partial charge in [0.05, 0.1) is 34.1 Å². The molecule has 0 saturated carbocycles. The molecule has 4 rings (SSSR count). The van der Waals surface area contributed by atoms with Crippen molar-refractivity contribution < 1.29 is 27.5 Å². The number of amides is 2. The van der Waals surface area contributed by atoms with E-state index in [9.17, 15) is 18.0 Å². The lowest BCUT2D eigenvalue weighted by Gasteiger charge is -2.23. The standard InChI is InChI=1S/C25H23ClN2O6S/c1-33-23(34-2)14-27-24(29)17-9-12-22-20(13-17)28(15-16-7-10-18(26)11-8-16)25(30)19-5-3-4-6-21(19)35(22,31)32/h3-13,23H,14-15H2,1-2H3,(H,27,29). The maximum Gasteiger partial charge on any atom is 0.259 e. The molecule has 0 aliphatic carbocycles. The summed E-state index contributed by atoms with van der Waals surface area (Å²) >= 11 is 6.00. The first-order chi connectivity index (χ1) is 16.8. The van der Waals surface area contributed by atoms with E-state index in [-0.39, 0.29) is 39.7 Å². The minimum atomic E-state index is -4.03. The van der Waals surface area contributed by atoms with Crippen LogP contribution in [0.1, 0.15) is 26.3 Å². The number of carbonyl (C=O) groups is 2. The predicted molar refractivity (Wildman–Crippen MR) is 130 cm³/mol. The van der Waals surface area contributed by atoms with Gasteiger partial charge in [0.25, 0.3) is 11.8 Å². The maximum atomic E-state index is 13.6. The van der Waals surface area contributed by atoms with Gasteiger partial charge < -0.3 is 19.7 Å². The average Bonchev–Trinajstić information content (AvgIpc) is 2.93. The zero-order chi connectivity index (χ0) is 25.2. The van der Waals surface area contributed by atoms with Gasteiger partial charge in [-0.2, -0.15) is 0 Å². The van der Waals surface area contributed by atoms with E-state index in [1.165, 1.54) is 49.5 Å². The van der Waals surface area contributed by atoms with Crippen LogP contribution in [0.25, 0.3) is 0 Å². The Kier molecular flexibility index (Phi) is 7.23. The number of nitrogens with zero attached hydrogens (tertiary/aromatic N) is 1. The number of nitrogens with one attached hydrogen (secondary N) is 1. The number of rotatable bonds is 7. The number of anilines is 1. The van der Waals surface area contributed by atoms with Gasteiger partial charge >= 0.3 is 0 Å². The summed E-state index contributed by atoms with van der Waals surface area (Å²) in [6, 6.07) is 17.2. The second-order valence-corrected chi connectivity index (χ2v) is 10.1. The molecule has 0 bridgehead atoms. The maximum absolute atomic E-state index is 13.6. The molecule has 1 heterocycles. The van der Waals surface area contributed by atoms with Gasteiger partial charge in [-0.3, -0.25) is 9.59 Å². The van der Waals surface area contributed by atoms with Gasteiger partial charge in [0.2, 0.25) is 9.84 Å². The Balaban J connectivity index is 1.82. The van der Waals surface area contributed by atoms with Crippen molar-refractivity contribution in [3.8, 4) is 0 Å². The monoisotopic (exact) mass is 514 g/mol. The Morgan fingerprint density at radius 2 is 1.69 bits per heavy atom. The Hall–Kier alpha value is -3.24. The molecule has 0 fully saturated rings. The van der Waals surface area contributed by atoms with Crippen molar-refractivity contribution in [1.82, 2.24) is 5.32 Å². The van der Waals surface area contributed by atoms with E-state index in [4.69, 9.17) is 21.1 Å². The van der Waals surface area contributed by atoms with Crippen LogP contribution in [0.4, 0.5) is 5.69 Å². The summed E-state index contributed by atoms with van der Waals surface area (Å²) in [6.07, 6.45) is -0.641. The third-order valence-corrected chi connectivity index (χ3v) is 7.77. The molecule has 3 aromatic rings. The van der Waals surface area contributed by atoms with E-state index in [1.54, 1.807) is 36.4 Å². The molecule has 182 valence electrons. The lowest BCUT2D eigenvalue weighted by Crippen LogP contribution is -2.34. The smallest absolute Gasteiger partial charge is 0.259 e. The van der Waals surface area contributed by atoms with Gasteiger partial charge in [-0.05, 0) is 48.0 Å². The first-order valence-electron chi connectivity index (χ1n) is 10.6. The van der Waals surface area contributed by atoms with Crippen molar-refractivity contribution >= 4 is 38.9 Å². The van der Waals surface area contributed by atoms with E-state index in [0.717, 1.165) is 5.56 Å². The highest BCUT2D eigenvalue weighted by atomic mass is 35.5. The van der Waals surface area contributed by atoms with E-state index < -0.39 is 27.9 Å². The number of sulfone groups is 1. The number of hydrogen-bond donors (Lipinski definition) is 1. The topological polar surface area (TPSA) is 102 Å². The summed E-state index contributed by atoms with van der Waals surface area (Å²) in [5.41, 5.74) is 1.10. The molecule has 0 atom stereocenters. The summed E-state index contributed by atoms with van der Waals surface area (Å²) < 4.78 is 37.3. The van der Waals surface area contributed by atoms with Crippen LogP contribution >= 0.6 is 11.6 Å². The predicted octanol–water partition coefficient (Wildman–Crippen LogP) is 3.68. The molecule has 1 aliphatic rings. The van der Waals surface area contributed by atoms with E-state index >= 15 is 0 Å². The summed E-state index contributed by atoms with van der Waals surface area (Å²) in [4.78, 5) is 27.7. The van der Waals surface area contributed by atoms with E-state index in [2.05, 4.69) is 5.32 Å². The highest BCUT2D eigenvalue weighted by molar-refractivity contribution is 7.91. The molecule has 2 amide bonds. The molecule has 0 aromatic heterocycles. The average molecular weight is 515 g/mol. The Morgan fingerprint density at radius 1 is 1.00 bits per heavy atom. The highest BCUT2D eigenvalue weighted by Crippen LogP contribution is 2.38. The fourth-order valence-electron chi connectivity index (χ4n) is 3.82. The second-order valence-electron chi connectivity index (χ2n) is 7.81. The quantitative estimate of drug-likeness (QED) is 0.482. The van der Waals surface area contributed by atoms with Crippen molar-refractivity contribution in [3.05, 3.63) is 88.4 Å². The number of methoxy groups -OCH3 is 2. The fourth-order valence-corrected chi connectivity index (χ4v) is 5.58. The van der Waals surface area contributed by atoms with Gasteiger partial charge in [-0.25, -0.2) is 8.42 Å². The number of benzene rings is 3. The summed E-state index contributed by atoms with van der Waals surface area (Å²) in [5.74, 6) is -0.959. The van der Waals surface area contributed by atoms with Crippen LogP contribution < -0.4 is 10.2 Å². The van der Waals surface area contributed by atoms with Crippen molar-refractivity contribution in [2.75, 3.05) is 25.7 Å². The third-order valence-electron chi connectivity index (χ3n) is 5.66. The molecular formula is C25H23ClN2O6S. The zero-order valence-electron chi connectivity index (χ0n) is 19.0. The lowest BCUT2D eigenvalue weighted by molar-refractivity contribution is -0.0974. The zero-order valence-corrected chi connectivity index (χ0v) is 20.6. The van der Waals surface area contributed by atoms with Crippen LogP contribution in [0.2, 0.25) is 5.02 Å². The molecule has 1 aliphatic heterocycles. The minimum Gasteiger partial charge on any atom is -0.354 e. The van der Waals surface area contributed by atoms with Crippen molar-refractivity contribution in [2.24, 2.45) is 0 Å². The van der Waals surface area contributed by atoms with Crippen molar-refractivity contribution in [2.45, 2.75) is 22.6 Å². The number of hydrogen-bond acceptors (Lipinski definition) is 6. The molecule has 35 heavy (non-hydrogen) atoms. The van der Waals surface area contributed by atoms with Gasteiger partial charge in [0.1, 0.15) is 0 Å². The normalized spacial score (nSPS) is 14.3. The van der Waals surface area contributed by atoms with Crippen LogP contribution in [0.15, 0.2) is 76.5 Å². The highest BCUT2D eigenvalue weighted by Gasteiger charge is 2.36. The SMILES string of the molecule is COC(CNC(=O)c1ccc2c(c1)N(Cc1ccc(Cl)cc1)C(=O)c1ccccc1S2(=O)=O)OC. The fraction of sp³-hybridized carbons (Fsp3) is 0.200. The molecule has 10 heteroatoms. The lowest BCUT2D eigenvalue weighted by atomic mass is 10.1. The minimum absolute atomic E-state index is 0.0618. The van der Waals surface area contributed by atoms with Crippen LogP contribution in [0.3, 0.4) is 0 Å². The first-order valence-corrected chi connectivity index (χ1v) is 12.5. The van der Waals surface area contributed by atoms with Gasteiger partial charge in [-0.15, -0.1) is 0 Å². The number of halogens is 1. The van der Waals surface area contributed by atoms with Crippen LogP contribution in [-0.2, 0) is 25.9 Å². The van der Waals surface area contributed by atoms with E-state index in [0.29, 0.717) is 5.02 Å². The Labute approximate surface area is 208 Å². The van der Waals surface area contributed by atoms with Crippen LogP contribution in [-0.4, -0.2) is 47.3 Å². The molecule has 0 saturated heterocycles. The van der Waals surface area contributed by atoms with Gasteiger partial charge in [-0.1, -0.05) is 35.9 Å². The summed E-state index contributed by atoms with van der Waals surface area (Å²) in [5, 5.41) is 3.22. The molecule has 0 spiro atoms. The molecular weight excluding hydrogens is 492 g/mol. The first kappa shape index (κ1) is 24.9. The molecule has 1 N–H and O–H groups in total. The summed E-state index contributed by atoms with van der Waals surface area (Å²) in [7, 11) is -1.13. The number of ether oxygens (including phenoxy) is 2. The van der Waals surface area contributed by atoms with Crippen LogP contribution in [0.5, 0.6) is 0 Å². The molecule has 3 aromatic carbocycles. The number of carbonyl (C=O) groups excluding carboxylic acids is 2. The summed E-state index contributed by atoms with van der Waals surface area (Å²) in [6.45, 7) is 0.160. The molecule has 0 unspecified atom stereocenters. The molecule has 0 radical (unpaired) electrons. The van der Waals surface area contributed by atoms with E-state index in [1.807, 2.05) is 0 Å².